The Kier molecular flexibility index (Phi) is 12.3. The zero-order valence-corrected chi connectivity index (χ0v) is 31.4. The number of halogens is 4. The number of esters is 1. The minimum atomic E-state index is -4.64. The third kappa shape index (κ3) is 10.7. The van der Waals surface area contributed by atoms with Crippen molar-refractivity contribution in [2.24, 2.45) is 7.05 Å². The van der Waals surface area contributed by atoms with Gasteiger partial charge in [0.15, 0.2) is 12.4 Å². The summed E-state index contributed by atoms with van der Waals surface area (Å²) in [5, 5.41) is 25.3. The lowest BCUT2D eigenvalue weighted by atomic mass is 10.1. The van der Waals surface area contributed by atoms with Gasteiger partial charge < -0.3 is 36.1 Å². The standard InChI is InChI=1S/C36H34ClF3N12O6/c1-52-27(49-50-51-52)21-4-3-5-25(18-21)42-30(55)29(54)41-17-14-26(31(56)57-2)44-28(53)20-6-12-24(13-7-20)43-32-45-33(47-34(46-32)58-19-36(38,39)40)48-35(15-16-35)22-8-10-23(37)11-9-22/h3-13,18,26H,14-17,19H2,1-2H3,(H,41,54)(H,42,55)(H,44,53)(H2,43,45,46,47,48)/t26-/m0/s1. The van der Waals surface area contributed by atoms with E-state index >= 15 is 0 Å². The van der Waals surface area contributed by atoms with E-state index in [1.807, 2.05) is 12.1 Å². The summed E-state index contributed by atoms with van der Waals surface area (Å²) >= 11 is 6.03. The molecule has 5 N–H and O–H groups in total. The van der Waals surface area contributed by atoms with Crippen LogP contribution in [0.2, 0.25) is 5.02 Å². The monoisotopic (exact) mass is 822 g/mol. The van der Waals surface area contributed by atoms with Gasteiger partial charge in [-0.3, -0.25) is 14.4 Å². The number of amides is 3. The van der Waals surface area contributed by atoms with Crippen molar-refractivity contribution < 1.29 is 41.8 Å². The molecule has 1 aliphatic carbocycles. The van der Waals surface area contributed by atoms with Crippen LogP contribution in [0.4, 0.5) is 36.4 Å². The molecule has 1 aliphatic rings. The highest BCUT2D eigenvalue weighted by Gasteiger charge is 2.45. The maximum atomic E-state index is 13.1. The van der Waals surface area contributed by atoms with Crippen LogP contribution in [0.1, 0.15) is 35.2 Å². The van der Waals surface area contributed by atoms with E-state index in [2.05, 4.69) is 57.1 Å². The first kappa shape index (κ1) is 40.8. The molecule has 1 fully saturated rings. The average Bonchev–Trinajstić information content (AvgIpc) is 3.85. The number of methoxy groups -OCH3 is 1. The van der Waals surface area contributed by atoms with E-state index in [0.717, 1.165) is 12.7 Å². The lowest BCUT2D eigenvalue weighted by Crippen LogP contribution is -2.44. The fourth-order valence-corrected chi connectivity index (χ4v) is 5.67. The lowest BCUT2D eigenvalue weighted by molar-refractivity contribution is -0.154. The Hall–Kier alpha value is -6.90. The Morgan fingerprint density at radius 2 is 1.66 bits per heavy atom. The van der Waals surface area contributed by atoms with Crippen molar-refractivity contribution in [1.82, 2.24) is 45.8 Å². The molecule has 2 heterocycles. The third-order valence-corrected chi connectivity index (χ3v) is 8.85. The Balaban J connectivity index is 1.05. The number of ether oxygens (including phenoxy) is 2. The van der Waals surface area contributed by atoms with E-state index in [1.54, 1.807) is 43.4 Å². The van der Waals surface area contributed by atoms with Crippen LogP contribution in [0.5, 0.6) is 6.01 Å². The molecule has 1 saturated carbocycles. The summed E-state index contributed by atoms with van der Waals surface area (Å²) in [7, 11) is 2.78. The molecule has 0 spiro atoms. The number of hydrogen-bond donors (Lipinski definition) is 5. The van der Waals surface area contributed by atoms with Crippen molar-refractivity contribution in [3.05, 3.63) is 88.9 Å². The van der Waals surface area contributed by atoms with Crippen LogP contribution in [0.15, 0.2) is 72.8 Å². The van der Waals surface area contributed by atoms with E-state index in [4.69, 9.17) is 21.1 Å². The molecule has 0 unspecified atom stereocenters. The van der Waals surface area contributed by atoms with Crippen molar-refractivity contribution >= 4 is 58.6 Å². The third-order valence-electron chi connectivity index (χ3n) is 8.60. The van der Waals surface area contributed by atoms with Crippen LogP contribution in [-0.4, -0.2) is 91.3 Å². The van der Waals surface area contributed by atoms with Crippen LogP contribution in [0.25, 0.3) is 11.4 Å². The quantitative estimate of drug-likeness (QED) is 0.0745. The van der Waals surface area contributed by atoms with E-state index in [0.29, 0.717) is 40.6 Å². The van der Waals surface area contributed by atoms with E-state index in [-0.39, 0.29) is 30.4 Å². The predicted octanol–water partition coefficient (Wildman–Crippen LogP) is 3.92. The first-order chi connectivity index (χ1) is 27.7. The summed E-state index contributed by atoms with van der Waals surface area (Å²) in [5.41, 5.74) is 1.70. The van der Waals surface area contributed by atoms with Gasteiger partial charge in [-0.25, -0.2) is 9.48 Å². The summed E-state index contributed by atoms with van der Waals surface area (Å²) in [6.07, 6.45) is -3.36. The van der Waals surface area contributed by atoms with Crippen LogP contribution in [0, 0.1) is 0 Å². The molecule has 3 amide bonds. The van der Waals surface area contributed by atoms with Crippen LogP contribution in [-0.2, 0) is 31.7 Å². The van der Waals surface area contributed by atoms with Crippen molar-refractivity contribution in [3.63, 3.8) is 0 Å². The molecular formula is C36H34ClF3N12O6. The van der Waals surface area contributed by atoms with Crippen LogP contribution < -0.4 is 31.3 Å². The van der Waals surface area contributed by atoms with E-state index in [9.17, 15) is 32.3 Å². The molecule has 0 bridgehead atoms. The molecule has 18 nitrogen and oxygen atoms in total. The maximum Gasteiger partial charge on any atom is 0.422 e. The van der Waals surface area contributed by atoms with Gasteiger partial charge in [0.05, 0.1) is 12.6 Å². The van der Waals surface area contributed by atoms with Crippen molar-refractivity contribution in [3.8, 4) is 17.4 Å². The number of nitrogens with one attached hydrogen (secondary N) is 5. The van der Waals surface area contributed by atoms with Crippen LogP contribution in [0.3, 0.4) is 0 Å². The first-order valence-corrected chi connectivity index (χ1v) is 17.8. The summed E-state index contributed by atoms with van der Waals surface area (Å²) < 4.78 is 50.0. The summed E-state index contributed by atoms with van der Waals surface area (Å²) in [5.74, 6) is -3.17. The summed E-state index contributed by atoms with van der Waals surface area (Å²) in [6.45, 7) is -1.81. The Morgan fingerprint density at radius 3 is 2.31 bits per heavy atom. The molecule has 0 radical (unpaired) electrons. The van der Waals surface area contributed by atoms with Crippen molar-refractivity contribution in [2.45, 2.75) is 37.0 Å². The number of alkyl halides is 3. The molecule has 22 heteroatoms. The number of rotatable bonds is 15. The number of carbonyl (C=O) groups is 4. The van der Waals surface area contributed by atoms with Gasteiger partial charge in [0.1, 0.15) is 6.04 Å². The smallest absolute Gasteiger partial charge is 0.422 e. The highest BCUT2D eigenvalue weighted by atomic mass is 35.5. The number of anilines is 4. The van der Waals surface area contributed by atoms with E-state index in [1.165, 1.54) is 28.9 Å². The fraction of sp³-hybridized carbons (Fsp3) is 0.278. The van der Waals surface area contributed by atoms with Crippen molar-refractivity contribution in [1.29, 1.82) is 0 Å². The fourth-order valence-electron chi connectivity index (χ4n) is 5.55. The Labute approximate surface area is 332 Å². The molecule has 58 heavy (non-hydrogen) atoms. The van der Waals surface area contributed by atoms with E-state index < -0.39 is 54.1 Å². The number of hydrogen-bond acceptors (Lipinski definition) is 14. The summed E-state index contributed by atoms with van der Waals surface area (Å²) in [6, 6.07) is 17.7. The molecule has 1 atom stereocenters. The molecule has 302 valence electrons. The highest BCUT2D eigenvalue weighted by molar-refractivity contribution is 6.39. The Morgan fingerprint density at radius 1 is 0.931 bits per heavy atom. The van der Waals surface area contributed by atoms with Gasteiger partial charge in [-0.15, -0.1) is 5.10 Å². The van der Waals surface area contributed by atoms with Gasteiger partial charge in [-0.05, 0) is 83.8 Å². The highest BCUT2D eigenvalue weighted by Crippen LogP contribution is 2.48. The van der Waals surface area contributed by atoms with Gasteiger partial charge in [0.2, 0.25) is 11.9 Å². The lowest BCUT2D eigenvalue weighted by Gasteiger charge is -2.19. The number of aryl methyl sites for hydroxylation is 1. The molecular weight excluding hydrogens is 789 g/mol. The second-order valence-electron chi connectivity index (χ2n) is 12.8. The summed E-state index contributed by atoms with van der Waals surface area (Å²) in [4.78, 5) is 63.1. The molecule has 2 aromatic heterocycles. The van der Waals surface area contributed by atoms with Crippen LogP contribution >= 0.6 is 11.6 Å². The molecule has 3 aromatic carbocycles. The predicted molar refractivity (Wildman–Crippen MR) is 201 cm³/mol. The Bertz CT molecular complexity index is 2290. The first-order valence-electron chi connectivity index (χ1n) is 17.4. The normalized spacial score (nSPS) is 13.4. The second kappa shape index (κ2) is 17.5. The number of aromatic nitrogens is 7. The van der Waals surface area contributed by atoms with Gasteiger partial charge in [0.25, 0.3) is 5.91 Å². The van der Waals surface area contributed by atoms with Gasteiger partial charge in [0, 0.05) is 41.1 Å². The topological polar surface area (TPSA) is 229 Å². The molecule has 0 saturated heterocycles. The zero-order chi connectivity index (χ0) is 41.5. The van der Waals surface area contributed by atoms with Crippen molar-refractivity contribution in [2.75, 3.05) is 36.2 Å². The van der Waals surface area contributed by atoms with Gasteiger partial charge >= 0.3 is 30.0 Å². The average molecular weight is 823 g/mol. The maximum absolute atomic E-state index is 13.1. The number of tetrazole rings is 1. The molecule has 0 aliphatic heterocycles. The zero-order valence-electron chi connectivity index (χ0n) is 30.6. The molecule has 5 aromatic rings. The second-order valence-corrected chi connectivity index (χ2v) is 13.3. The number of benzene rings is 3. The van der Waals surface area contributed by atoms with Gasteiger partial charge in [-0.1, -0.05) is 35.9 Å². The SMILES string of the molecule is COC(=O)[C@H](CCNC(=O)C(=O)Nc1cccc(-c2nnnn2C)c1)NC(=O)c1ccc(Nc2nc(NC3(c4ccc(Cl)cc4)CC3)nc(OCC(F)(F)F)n2)cc1. The number of nitrogens with zero attached hydrogens (tertiary/aromatic N) is 7. The van der Waals surface area contributed by atoms with Gasteiger partial charge in [-0.2, -0.15) is 28.1 Å². The minimum absolute atomic E-state index is 0.0361. The number of carbonyl (C=O) groups excluding carboxylic acids is 4. The largest absolute Gasteiger partial charge is 0.467 e. The molecule has 6 rings (SSSR count). The minimum Gasteiger partial charge on any atom is -0.467 e.